The molecule has 148 valence electrons. The number of rotatable bonds is 8. The fraction of sp³-hybridized carbons (Fsp3) is 0.600. The molecule has 0 aromatic heterocycles. The van der Waals surface area contributed by atoms with Gasteiger partial charge in [0, 0.05) is 26.1 Å². The molecule has 0 saturated heterocycles. The molecule has 5 nitrogen and oxygen atoms in total. The van der Waals surface area contributed by atoms with E-state index in [1.807, 2.05) is 13.8 Å². The van der Waals surface area contributed by atoms with Crippen molar-refractivity contribution in [1.29, 1.82) is 0 Å². The molecule has 0 bridgehead atoms. The van der Waals surface area contributed by atoms with E-state index in [0.29, 0.717) is 19.0 Å². The van der Waals surface area contributed by atoms with Gasteiger partial charge in [-0.25, -0.2) is 0 Å². The first kappa shape index (κ1) is 24.7. The Bertz CT molecular complexity index is 555. The van der Waals surface area contributed by atoms with Crippen LogP contribution in [0.25, 0.3) is 0 Å². The first-order chi connectivity index (χ1) is 11.8. The van der Waals surface area contributed by atoms with Crippen LogP contribution in [0, 0.1) is 11.8 Å². The summed E-state index contributed by atoms with van der Waals surface area (Å²) < 4.78 is 0. The molecule has 0 fully saturated rings. The van der Waals surface area contributed by atoms with Gasteiger partial charge in [0.2, 0.25) is 5.91 Å². The van der Waals surface area contributed by atoms with Crippen molar-refractivity contribution < 1.29 is 4.79 Å². The number of carbonyl (C=O) groups excluding carboxylic acids is 1. The third-order valence-corrected chi connectivity index (χ3v) is 3.94. The lowest BCUT2D eigenvalue weighted by molar-refractivity contribution is -0.123. The predicted molar refractivity (Wildman–Crippen MR) is 121 cm³/mol. The third-order valence-electron chi connectivity index (χ3n) is 3.94. The Labute approximate surface area is 175 Å². The minimum Gasteiger partial charge on any atom is -0.355 e. The van der Waals surface area contributed by atoms with Crippen LogP contribution in [0.1, 0.15) is 51.8 Å². The van der Waals surface area contributed by atoms with Crippen molar-refractivity contribution in [2.75, 3.05) is 20.1 Å². The topological polar surface area (TPSA) is 65.5 Å². The van der Waals surface area contributed by atoms with Crippen molar-refractivity contribution >= 4 is 35.8 Å². The Kier molecular flexibility index (Phi) is 12.3. The van der Waals surface area contributed by atoms with Gasteiger partial charge in [0.1, 0.15) is 0 Å². The monoisotopic (exact) mass is 474 g/mol. The van der Waals surface area contributed by atoms with Gasteiger partial charge in [-0.3, -0.25) is 9.79 Å². The molecule has 0 aliphatic rings. The van der Waals surface area contributed by atoms with Crippen LogP contribution in [-0.2, 0) is 11.2 Å². The largest absolute Gasteiger partial charge is 0.355 e. The predicted octanol–water partition coefficient (Wildman–Crippen LogP) is 3.50. The summed E-state index contributed by atoms with van der Waals surface area (Å²) >= 11 is 0. The number of guanidine groups is 1. The van der Waals surface area contributed by atoms with Crippen molar-refractivity contribution in [3.05, 3.63) is 35.4 Å². The van der Waals surface area contributed by atoms with Gasteiger partial charge in [-0.05, 0) is 30.4 Å². The van der Waals surface area contributed by atoms with E-state index in [9.17, 15) is 4.79 Å². The maximum absolute atomic E-state index is 11.5. The lowest BCUT2D eigenvalue weighted by Gasteiger charge is -2.19. The molecule has 3 N–H and O–H groups in total. The summed E-state index contributed by atoms with van der Waals surface area (Å²) in [4.78, 5) is 15.8. The van der Waals surface area contributed by atoms with Crippen LogP contribution in [0.4, 0.5) is 0 Å². The Balaban J connectivity index is 0.00000625. The molecule has 0 aliphatic heterocycles. The van der Waals surface area contributed by atoms with Gasteiger partial charge in [-0.15, -0.1) is 24.0 Å². The van der Waals surface area contributed by atoms with Gasteiger partial charge in [0.05, 0.1) is 6.04 Å². The van der Waals surface area contributed by atoms with Crippen LogP contribution >= 0.6 is 24.0 Å². The number of nitrogens with zero attached hydrogens (tertiary/aromatic N) is 1. The second kappa shape index (κ2) is 12.9. The van der Waals surface area contributed by atoms with Gasteiger partial charge < -0.3 is 16.0 Å². The summed E-state index contributed by atoms with van der Waals surface area (Å²) in [5, 5.41) is 9.49. The standard InChI is InChI=1S/C20H34N4O.HI/c1-14(2)13-17-7-9-18(10-8-17)16(5)24-20(21-6)23-12-11-22-19(25)15(3)4;/h7-10,14-16H,11-13H2,1-6H3,(H,22,25)(H2,21,23,24);1H. The zero-order valence-electron chi connectivity index (χ0n) is 16.9. The molecule has 0 spiro atoms. The van der Waals surface area contributed by atoms with Crippen LogP contribution < -0.4 is 16.0 Å². The van der Waals surface area contributed by atoms with Crippen LogP contribution in [0.5, 0.6) is 0 Å². The van der Waals surface area contributed by atoms with Crippen LogP contribution in [-0.4, -0.2) is 32.0 Å². The average molecular weight is 474 g/mol. The van der Waals surface area contributed by atoms with Crippen molar-refractivity contribution in [2.45, 2.75) is 47.1 Å². The molecule has 1 rings (SSSR count). The second-order valence-corrected chi connectivity index (χ2v) is 7.15. The Morgan fingerprint density at radius 3 is 2.08 bits per heavy atom. The Morgan fingerprint density at radius 2 is 1.58 bits per heavy atom. The van der Waals surface area contributed by atoms with Crippen molar-refractivity contribution in [1.82, 2.24) is 16.0 Å². The summed E-state index contributed by atoms with van der Waals surface area (Å²) in [6.07, 6.45) is 1.10. The van der Waals surface area contributed by atoms with Crippen molar-refractivity contribution in [3.63, 3.8) is 0 Å². The van der Waals surface area contributed by atoms with Crippen molar-refractivity contribution in [2.24, 2.45) is 16.8 Å². The maximum Gasteiger partial charge on any atom is 0.222 e. The lowest BCUT2D eigenvalue weighted by atomic mass is 10.00. The number of carbonyl (C=O) groups is 1. The highest BCUT2D eigenvalue weighted by atomic mass is 127. The second-order valence-electron chi connectivity index (χ2n) is 7.15. The third kappa shape index (κ3) is 9.40. The molecule has 6 heteroatoms. The average Bonchev–Trinajstić information content (AvgIpc) is 2.57. The summed E-state index contributed by atoms with van der Waals surface area (Å²) in [7, 11) is 1.75. The van der Waals surface area contributed by atoms with Gasteiger partial charge in [0.25, 0.3) is 0 Å². The van der Waals surface area contributed by atoms with E-state index in [2.05, 4.69) is 66.0 Å². The number of nitrogens with one attached hydrogen (secondary N) is 3. The molecule has 1 aromatic carbocycles. The number of hydrogen-bond acceptors (Lipinski definition) is 2. The van der Waals surface area contributed by atoms with E-state index in [0.717, 1.165) is 12.4 Å². The van der Waals surface area contributed by atoms with E-state index in [1.54, 1.807) is 7.05 Å². The normalized spacial score (nSPS) is 12.5. The minimum absolute atomic E-state index is 0. The molecule has 1 atom stereocenters. The van der Waals surface area contributed by atoms with Gasteiger partial charge in [-0.1, -0.05) is 52.0 Å². The van der Waals surface area contributed by atoms with E-state index >= 15 is 0 Å². The van der Waals surface area contributed by atoms with E-state index < -0.39 is 0 Å². The molecule has 0 saturated carbocycles. The number of hydrogen-bond donors (Lipinski definition) is 3. The van der Waals surface area contributed by atoms with Gasteiger partial charge in [0.15, 0.2) is 5.96 Å². The number of amides is 1. The maximum atomic E-state index is 11.5. The molecule has 1 amide bonds. The zero-order chi connectivity index (χ0) is 18.8. The molecular formula is C20H35IN4O. The molecule has 0 heterocycles. The fourth-order valence-electron chi connectivity index (χ4n) is 2.47. The van der Waals surface area contributed by atoms with E-state index in [-0.39, 0.29) is 41.8 Å². The quantitative estimate of drug-likeness (QED) is 0.234. The van der Waals surface area contributed by atoms with Gasteiger partial charge >= 0.3 is 0 Å². The van der Waals surface area contributed by atoms with Crippen LogP contribution in [0.15, 0.2) is 29.3 Å². The Hall–Kier alpha value is -1.31. The van der Waals surface area contributed by atoms with Gasteiger partial charge in [-0.2, -0.15) is 0 Å². The molecule has 1 unspecified atom stereocenters. The minimum atomic E-state index is 0. The molecular weight excluding hydrogens is 439 g/mol. The number of aliphatic imine (C=N–C) groups is 1. The van der Waals surface area contributed by atoms with Crippen molar-refractivity contribution in [3.8, 4) is 0 Å². The highest BCUT2D eigenvalue weighted by Crippen LogP contribution is 2.15. The van der Waals surface area contributed by atoms with E-state index in [1.165, 1.54) is 11.1 Å². The number of halogens is 1. The van der Waals surface area contributed by atoms with Crippen LogP contribution in [0.3, 0.4) is 0 Å². The zero-order valence-corrected chi connectivity index (χ0v) is 19.3. The summed E-state index contributed by atoms with van der Waals surface area (Å²) in [6, 6.07) is 8.90. The number of benzene rings is 1. The smallest absolute Gasteiger partial charge is 0.222 e. The molecule has 26 heavy (non-hydrogen) atoms. The van der Waals surface area contributed by atoms with E-state index in [4.69, 9.17) is 0 Å². The van der Waals surface area contributed by atoms with Crippen LogP contribution in [0.2, 0.25) is 0 Å². The summed E-state index contributed by atoms with van der Waals surface area (Å²) in [6.45, 7) is 11.6. The first-order valence-corrected chi connectivity index (χ1v) is 9.17. The summed E-state index contributed by atoms with van der Waals surface area (Å²) in [5.74, 6) is 1.48. The highest BCUT2D eigenvalue weighted by molar-refractivity contribution is 14.0. The fourth-order valence-corrected chi connectivity index (χ4v) is 2.47. The molecule has 0 radical (unpaired) electrons. The highest BCUT2D eigenvalue weighted by Gasteiger charge is 2.09. The first-order valence-electron chi connectivity index (χ1n) is 9.17. The summed E-state index contributed by atoms with van der Waals surface area (Å²) in [5.41, 5.74) is 2.60. The Morgan fingerprint density at radius 1 is 1.00 bits per heavy atom. The molecule has 1 aromatic rings. The SMILES string of the molecule is CN=C(NCCNC(=O)C(C)C)NC(C)c1ccc(CC(C)C)cc1.I. The lowest BCUT2D eigenvalue weighted by Crippen LogP contribution is -2.42. The molecule has 0 aliphatic carbocycles.